The van der Waals surface area contributed by atoms with Crippen LogP contribution in [0.1, 0.15) is 44.6 Å². The molecule has 29 heavy (non-hydrogen) atoms. The molecule has 2 aliphatic heterocycles. The van der Waals surface area contributed by atoms with Gasteiger partial charge in [-0.2, -0.15) is 0 Å². The van der Waals surface area contributed by atoms with Crippen molar-refractivity contribution in [2.75, 3.05) is 26.2 Å². The highest BCUT2D eigenvalue weighted by atomic mass is 32.2. The maximum absolute atomic E-state index is 13.0. The van der Waals surface area contributed by atoms with Crippen LogP contribution in [0.15, 0.2) is 24.5 Å². The quantitative estimate of drug-likeness (QED) is 0.802. The number of aromatic nitrogens is 2. The zero-order valence-corrected chi connectivity index (χ0v) is 17.7. The Balaban J connectivity index is 1.33. The maximum atomic E-state index is 13.0. The molecule has 2 aromatic heterocycles. The average molecular weight is 421 g/mol. The first-order valence-electron chi connectivity index (χ1n) is 10.3. The summed E-state index contributed by atoms with van der Waals surface area (Å²) in [6, 6.07) is 3.98. The van der Waals surface area contributed by atoms with Crippen molar-refractivity contribution in [2.45, 2.75) is 50.4 Å². The second kappa shape index (κ2) is 7.95. The summed E-state index contributed by atoms with van der Waals surface area (Å²) in [5.41, 5.74) is 2.09. The lowest BCUT2D eigenvalue weighted by molar-refractivity contribution is 0.0521. The molecular formula is C20H28N4O4S. The predicted molar refractivity (Wildman–Crippen MR) is 110 cm³/mol. The highest BCUT2D eigenvalue weighted by Gasteiger charge is 2.44. The number of aromatic amines is 1. The molecule has 158 valence electrons. The number of fused-ring (bicyclic) bond motifs is 1. The van der Waals surface area contributed by atoms with Crippen molar-refractivity contribution in [3.63, 3.8) is 0 Å². The molecule has 1 N–H and O–H groups in total. The van der Waals surface area contributed by atoms with E-state index in [0.29, 0.717) is 19.0 Å². The minimum absolute atomic E-state index is 0.156. The number of carbonyl (C=O) groups is 1. The maximum Gasteiger partial charge on any atom is 0.410 e. The molecule has 0 saturated carbocycles. The molecule has 4 heterocycles. The van der Waals surface area contributed by atoms with Crippen LogP contribution < -0.4 is 0 Å². The van der Waals surface area contributed by atoms with Crippen LogP contribution in [0.25, 0.3) is 11.0 Å². The molecule has 0 aromatic carbocycles. The van der Waals surface area contributed by atoms with E-state index in [1.165, 1.54) is 10.5 Å². The minimum atomic E-state index is -3.40. The number of likely N-dealkylation sites (tertiary alicyclic amines) is 1. The Labute approximate surface area is 171 Å². The second-order valence-corrected chi connectivity index (χ2v) is 10.2. The van der Waals surface area contributed by atoms with Gasteiger partial charge in [0, 0.05) is 44.0 Å². The summed E-state index contributed by atoms with van der Waals surface area (Å²) in [4.78, 5) is 21.0. The molecule has 2 aromatic rings. The number of carbonyl (C=O) groups excluding carboxylic acids is 1. The topological polar surface area (TPSA) is 95.6 Å². The lowest BCUT2D eigenvalue weighted by atomic mass is 9.90. The zero-order valence-electron chi connectivity index (χ0n) is 16.9. The number of nitrogens with zero attached hydrogens (tertiary/aromatic N) is 3. The molecule has 0 aliphatic carbocycles. The molecule has 2 saturated heterocycles. The molecule has 1 amide bonds. The number of piperidine rings is 1. The molecule has 8 nitrogen and oxygen atoms in total. The van der Waals surface area contributed by atoms with Crippen molar-refractivity contribution in [1.29, 1.82) is 0 Å². The third-order valence-electron chi connectivity index (χ3n) is 6.14. The fraction of sp³-hybridized carbons (Fsp3) is 0.600. The van der Waals surface area contributed by atoms with Gasteiger partial charge in [0.15, 0.2) is 0 Å². The Bertz CT molecular complexity index is 975. The fourth-order valence-electron chi connectivity index (χ4n) is 4.05. The molecule has 0 spiro atoms. The smallest absolute Gasteiger partial charge is 0.410 e. The van der Waals surface area contributed by atoms with E-state index in [1.54, 1.807) is 10.5 Å². The molecular weight excluding hydrogens is 392 g/mol. The first kappa shape index (κ1) is 20.2. The SMILES string of the molecule is CC[C@H](C)OC(=O)N1CC(S(=O)(=O)N2CCC(c3c[nH]c4ncccc34)CC2)C1. The summed E-state index contributed by atoms with van der Waals surface area (Å²) in [5.74, 6) is 0.322. The monoisotopic (exact) mass is 420 g/mol. The third kappa shape index (κ3) is 3.85. The normalized spacial score (nSPS) is 20.6. The molecule has 2 fully saturated rings. The van der Waals surface area contributed by atoms with E-state index in [4.69, 9.17) is 4.74 Å². The number of nitrogens with one attached hydrogen (secondary N) is 1. The summed E-state index contributed by atoms with van der Waals surface area (Å²) in [5, 5.41) is 0.587. The van der Waals surface area contributed by atoms with Crippen LogP contribution in [-0.2, 0) is 14.8 Å². The minimum Gasteiger partial charge on any atom is -0.446 e. The molecule has 9 heteroatoms. The van der Waals surface area contributed by atoms with E-state index >= 15 is 0 Å². The summed E-state index contributed by atoms with van der Waals surface area (Å²) >= 11 is 0. The van der Waals surface area contributed by atoms with Gasteiger partial charge in [0.05, 0.1) is 0 Å². The van der Waals surface area contributed by atoms with Gasteiger partial charge in [0.25, 0.3) is 0 Å². The van der Waals surface area contributed by atoms with Crippen molar-refractivity contribution in [2.24, 2.45) is 0 Å². The first-order chi connectivity index (χ1) is 13.9. The highest BCUT2D eigenvalue weighted by molar-refractivity contribution is 7.89. The van der Waals surface area contributed by atoms with Gasteiger partial charge in [-0.15, -0.1) is 0 Å². The lowest BCUT2D eigenvalue weighted by Gasteiger charge is -2.41. The molecule has 0 bridgehead atoms. The highest BCUT2D eigenvalue weighted by Crippen LogP contribution is 2.34. The summed E-state index contributed by atoms with van der Waals surface area (Å²) in [7, 11) is -3.40. The van der Waals surface area contributed by atoms with Crippen molar-refractivity contribution >= 4 is 27.1 Å². The van der Waals surface area contributed by atoms with E-state index in [1.807, 2.05) is 26.1 Å². The summed E-state index contributed by atoms with van der Waals surface area (Å²) in [6.07, 6.45) is 5.50. The standard InChI is InChI=1S/C20H28N4O4S/c1-3-14(2)28-20(25)23-12-16(13-23)29(26,27)24-9-6-15(7-10-24)18-11-22-19-17(18)5-4-8-21-19/h4-5,8,11,14-16H,3,6-7,9-10,12-13H2,1-2H3,(H,21,22)/t14-/m0/s1. The van der Waals surface area contributed by atoms with Crippen LogP contribution >= 0.6 is 0 Å². The van der Waals surface area contributed by atoms with Crippen LogP contribution in [0.4, 0.5) is 4.79 Å². The van der Waals surface area contributed by atoms with Crippen LogP contribution in [0.5, 0.6) is 0 Å². The number of hydrogen-bond acceptors (Lipinski definition) is 5. The molecule has 0 radical (unpaired) electrons. The van der Waals surface area contributed by atoms with Crippen LogP contribution in [0.3, 0.4) is 0 Å². The number of pyridine rings is 1. The van der Waals surface area contributed by atoms with E-state index in [0.717, 1.165) is 30.3 Å². The number of H-pyrrole nitrogens is 1. The van der Waals surface area contributed by atoms with E-state index < -0.39 is 21.4 Å². The first-order valence-corrected chi connectivity index (χ1v) is 11.8. The Kier molecular flexibility index (Phi) is 5.52. The van der Waals surface area contributed by atoms with E-state index in [9.17, 15) is 13.2 Å². The Hall–Kier alpha value is -2.13. The van der Waals surface area contributed by atoms with Gasteiger partial charge in [-0.05, 0) is 49.8 Å². The average Bonchev–Trinajstić information content (AvgIpc) is 3.10. The van der Waals surface area contributed by atoms with Crippen LogP contribution in [0, 0.1) is 0 Å². The van der Waals surface area contributed by atoms with Gasteiger partial charge in [-0.1, -0.05) is 6.92 Å². The van der Waals surface area contributed by atoms with Gasteiger partial charge in [0.2, 0.25) is 10.0 Å². The van der Waals surface area contributed by atoms with Crippen molar-refractivity contribution in [1.82, 2.24) is 19.2 Å². The van der Waals surface area contributed by atoms with Crippen molar-refractivity contribution in [3.05, 3.63) is 30.1 Å². The van der Waals surface area contributed by atoms with Crippen molar-refractivity contribution in [3.8, 4) is 0 Å². The molecule has 0 unspecified atom stereocenters. The number of rotatable bonds is 5. The van der Waals surface area contributed by atoms with Gasteiger partial charge < -0.3 is 14.6 Å². The van der Waals surface area contributed by atoms with Crippen molar-refractivity contribution < 1.29 is 17.9 Å². The predicted octanol–water partition coefficient (Wildman–Crippen LogP) is 2.69. The lowest BCUT2D eigenvalue weighted by Crippen LogP contribution is -2.60. The Morgan fingerprint density at radius 3 is 2.76 bits per heavy atom. The summed E-state index contributed by atoms with van der Waals surface area (Å²) in [6.45, 7) is 5.22. The number of hydrogen-bond donors (Lipinski definition) is 1. The van der Waals surface area contributed by atoms with Gasteiger partial charge in [-0.3, -0.25) is 0 Å². The molecule has 4 rings (SSSR count). The van der Waals surface area contributed by atoms with Gasteiger partial charge in [0.1, 0.15) is 17.0 Å². The fourth-order valence-corrected chi connectivity index (χ4v) is 5.93. The number of amides is 1. The zero-order chi connectivity index (χ0) is 20.6. The van der Waals surface area contributed by atoms with Gasteiger partial charge >= 0.3 is 6.09 Å². The largest absolute Gasteiger partial charge is 0.446 e. The number of sulfonamides is 1. The Morgan fingerprint density at radius 1 is 1.34 bits per heavy atom. The molecule has 1 atom stereocenters. The Morgan fingerprint density at radius 2 is 2.07 bits per heavy atom. The van der Waals surface area contributed by atoms with E-state index in [2.05, 4.69) is 16.0 Å². The number of ether oxygens (including phenoxy) is 1. The van der Waals surface area contributed by atoms with Gasteiger partial charge in [-0.25, -0.2) is 22.5 Å². The van der Waals surface area contributed by atoms with Crippen LogP contribution in [-0.4, -0.2) is 71.2 Å². The summed E-state index contributed by atoms with van der Waals surface area (Å²) < 4.78 is 32.8. The van der Waals surface area contributed by atoms with E-state index in [-0.39, 0.29) is 19.2 Å². The second-order valence-electron chi connectivity index (χ2n) is 7.99. The van der Waals surface area contributed by atoms with Crippen LogP contribution in [0.2, 0.25) is 0 Å². The molecule has 2 aliphatic rings. The third-order valence-corrected chi connectivity index (χ3v) is 8.37.